The van der Waals surface area contributed by atoms with Gasteiger partial charge in [-0.2, -0.15) is 10.2 Å². The summed E-state index contributed by atoms with van der Waals surface area (Å²) < 4.78 is 0. The van der Waals surface area contributed by atoms with Gasteiger partial charge in [0, 0.05) is 10.8 Å². The summed E-state index contributed by atoms with van der Waals surface area (Å²) in [6.07, 6.45) is 8.54. The zero-order valence-electron chi connectivity index (χ0n) is 15.2. The predicted octanol–water partition coefficient (Wildman–Crippen LogP) is 5.51. The third kappa shape index (κ3) is 3.59. The molecule has 1 N–H and O–H groups in total. The lowest BCUT2D eigenvalue weighted by Gasteiger charge is -2.22. The number of hydrazone groups is 1. The Balaban J connectivity index is 1.50. The number of fused-ring (bicyclic) bond motifs is 1. The van der Waals surface area contributed by atoms with E-state index in [2.05, 4.69) is 45.0 Å². The fraction of sp³-hybridized carbons (Fsp3) is 0.318. The summed E-state index contributed by atoms with van der Waals surface area (Å²) in [5, 5.41) is 14.8. The summed E-state index contributed by atoms with van der Waals surface area (Å²) in [7, 11) is 0. The lowest BCUT2D eigenvalue weighted by molar-refractivity contribution is 0.443. The van der Waals surface area contributed by atoms with Crippen LogP contribution in [-0.4, -0.2) is 15.9 Å². The number of nitrogens with zero attached hydrogens (tertiary/aromatic N) is 3. The molecule has 3 aromatic rings. The van der Waals surface area contributed by atoms with Crippen molar-refractivity contribution in [3.63, 3.8) is 0 Å². The second-order valence-electron chi connectivity index (χ2n) is 7.05. The molecule has 0 bridgehead atoms. The minimum absolute atomic E-state index is 0.682. The van der Waals surface area contributed by atoms with E-state index in [1.807, 2.05) is 31.2 Å². The van der Waals surface area contributed by atoms with Gasteiger partial charge >= 0.3 is 0 Å². The number of hydrogen-bond donors (Lipinski definition) is 1. The molecule has 4 nitrogen and oxygen atoms in total. The normalized spacial score (nSPS) is 16.0. The van der Waals surface area contributed by atoms with Gasteiger partial charge in [0.25, 0.3) is 0 Å². The van der Waals surface area contributed by atoms with Crippen LogP contribution in [0.3, 0.4) is 0 Å². The number of aromatic nitrogens is 2. The van der Waals surface area contributed by atoms with Crippen LogP contribution in [0.4, 0.5) is 5.82 Å². The Morgan fingerprint density at radius 3 is 2.58 bits per heavy atom. The summed E-state index contributed by atoms with van der Waals surface area (Å²) in [6, 6.07) is 16.9. The largest absolute Gasteiger partial charge is 0.259 e. The summed E-state index contributed by atoms with van der Waals surface area (Å²) in [5.74, 6) is 1.42. The van der Waals surface area contributed by atoms with Crippen LogP contribution in [0.1, 0.15) is 56.1 Å². The Labute approximate surface area is 154 Å². The van der Waals surface area contributed by atoms with E-state index in [1.54, 1.807) is 6.20 Å². The molecule has 0 saturated heterocycles. The molecule has 1 fully saturated rings. The molecule has 0 spiro atoms. The van der Waals surface area contributed by atoms with Crippen molar-refractivity contribution in [2.45, 2.75) is 44.9 Å². The van der Waals surface area contributed by atoms with Gasteiger partial charge in [-0.1, -0.05) is 67.8 Å². The second-order valence-corrected chi connectivity index (χ2v) is 7.05. The maximum atomic E-state index is 4.52. The Hall–Kier alpha value is -2.75. The van der Waals surface area contributed by atoms with Crippen molar-refractivity contribution in [2.24, 2.45) is 5.10 Å². The van der Waals surface area contributed by atoms with Crippen LogP contribution in [0.25, 0.3) is 10.8 Å². The number of rotatable bonds is 4. The standard InChI is InChI=1S/C22H24N4/c1-16(17-11-13-19(14-12-17)18-7-3-2-4-8-18)24-26-22-21-10-6-5-9-20(21)15-23-25-22/h5-6,9-15,18H,2-4,7-8H2,1H3,(H,25,26). The smallest absolute Gasteiger partial charge is 0.176 e. The van der Waals surface area contributed by atoms with Gasteiger partial charge in [0.2, 0.25) is 0 Å². The van der Waals surface area contributed by atoms with Crippen molar-refractivity contribution in [1.29, 1.82) is 0 Å². The lowest BCUT2D eigenvalue weighted by Crippen LogP contribution is -2.05. The predicted molar refractivity (Wildman–Crippen MR) is 108 cm³/mol. The van der Waals surface area contributed by atoms with Gasteiger partial charge in [-0.3, -0.25) is 5.43 Å². The SMILES string of the molecule is CC(=NNc1nncc2ccccc12)c1ccc(C2CCCCC2)cc1. The monoisotopic (exact) mass is 344 g/mol. The summed E-state index contributed by atoms with van der Waals surface area (Å²) >= 11 is 0. The summed E-state index contributed by atoms with van der Waals surface area (Å²) in [5.41, 5.74) is 6.61. The van der Waals surface area contributed by atoms with Gasteiger partial charge in [0.1, 0.15) is 0 Å². The second kappa shape index (κ2) is 7.65. The van der Waals surface area contributed by atoms with Crippen LogP contribution in [0.2, 0.25) is 0 Å². The van der Waals surface area contributed by atoms with Crippen molar-refractivity contribution in [3.8, 4) is 0 Å². The number of nitrogens with one attached hydrogen (secondary N) is 1. The fourth-order valence-electron chi connectivity index (χ4n) is 3.74. The van der Waals surface area contributed by atoms with Gasteiger partial charge in [-0.25, -0.2) is 0 Å². The Morgan fingerprint density at radius 2 is 1.77 bits per heavy atom. The molecule has 0 aliphatic heterocycles. The van der Waals surface area contributed by atoms with Crippen molar-refractivity contribution < 1.29 is 0 Å². The first-order valence-electron chi connectivity index (χ1n) is 9.42. The molecular weight excluding hydrogens is 320 g/mol. The van der Waals surface area contributed by atoms with Crippen LogP contribution < -0.4 is 5.43 Å². The molecule has 0 atom stereocenters. The Morgan fingerprint density at radius 1 is 1.00 bits per heavy atom. The van der Waals surface area contributed by atoms with Crippen LogP contribution in [0.5, 0.6) is 0 Å². The molecule has 2 aromatic carbocycles. The van der Waals surface area contributed by atoms with Gasteiger partial charge in [-0.05, 0) is 36.8 Å². The third-order valence-electron chi connectivity index (χ3n) is 5.31. The minimum atomic E-state index is 0.682. The highest BCUT2D eigenvalue weighted by molar-refractivity contribution is 5.99. The third-order valence-corrected chi connectivity index (χ3v) is 5.31. The first kappa shape index (κ1) is 16.7. The van der Waals surface area contributed by atoms with E-state index >= 15 is 0 Å². The van der Waals surface area contributed by atoms with Crippen LogP contribution in [0.15, 0.2) is 59.8 Å². The van der Waals surface area contributed by atoms with Gasteiger partial charge < -0.3 is 0 Å². The molecule has 26 heavy (non-hydrogen) atoms. The van der Waals surface area contributed by atoms with Gasteiger partial charge in [0.15, 0.2) is 5.82 Å². The van der Waals surface area contributed by atoms with Crippen molar-refractivity contribution in [2.75, 3.05) is 5.43 Å². The van der Waals surface area contributed by atoms with Crippen molar-refractivity contribution in [3.05, 3.63) is 65.9 Å². The first-order valence-corrected chi connectivity index (χ1v) is 9.42. The Bertz CT molecular complexity index is 904. The lowest BCUT2D eigenvalue weighted by atomic mass is 9.84. The van der Waals surface area contributed by atoms with Gasteiger partial charge in [0.05, 0.1) is 11.9 Å². The topological polar surface area (TPSA) is 50.2 Å². The van der Waals surface area contributed by atoms with E-state index in [1.165, 1.54) is 37.7 Å². The van der Waals surface area contributed by atoms with Crippen molar-refractivity contribution in [1.82, 2.24) is 10.2 Å². The molecular formula is C22H24N4. The first-order chi connectivity index (χ1) is 12.8. The number of anilines is 1. The van der Waals surface area contributed by atoms with Crippen LogP contribution >= 0.6 is 0 Å². The fourth-order valence-corrected chi connectivity index (χ4v) is 3.74. The average molecular weight is 344 g/mol. The maximum Gasteiger partial charge on any atom is 0.176 e. The minimum Gasteiger partial charge on any atom is -0.259 e. The molecule has 132 valence electrons. The highest BCUT2D eigenvalue weighted by atomic mass is 15.3. The highest BCUT2D eigenvalue weighted by Crippen LogP contribution is 2.32. The van der Waals surface area contributed by atoms with E-state index < -0.39 is 0 Å². The average Bonchev–Trinajstić information content (AvgIpc) is 2.73. The van der Waals surface area contributed by atoms with E-state index in [4.69, 9.17) is 0 Å². The van der Waals surface area contributed by atoms with E-state index in [-0.39, 0.29) is 0 Å². The molecule has 1 saturated carbocycles. The number of benzene rings is 2. The van der Waals surface area contributed by atoms with Gasteiger partial charge in [-0.15, -0.1) is 5.10 Å². The molecule has 0 radical (unpaired) electrons. The molecule has 1 heterocycles. The zero-order valence-corrected chi connectivity index (χ0v) is 15.2. The molecule has 1 aliphatic carbocycles. The Kier molecular flexibility index (Phi) is 4.91. The molecule has 4 rings (SSSR count). The van der Waals surface area contributed by atoms with E-state index in [0.29, 0.717) is 5.82 Å². The van der Waals surface area contributed by atoms with E-state index in [9.17, 15) is 0 Å². The number of hydrogen-bond acceptors (Lipinski definition) is 4. The molecule has 0 unspecified atom stereocenters. The quantitative estimate of drug-likeness (QED) is 0.501. The molecule has 1 aromatic heterocycles. The van der Waals surface area contributed by atoms with E-state index in [0.717, 1.165) is 28.0 Å². The maximum absolute atomic E-state index is 4.52. The zero-order chi connectivity index (χ0) is 17.8. The highest BCUT2D eigenvalue weighted by Gasteiger charge is 2.15. The van der Waals surface area contributed by atoms with Crippen LogP contribution in [0, 0.1) is 0 Å². The summed E-state index contributed by atoms with van der Waals surface area (Å²) in [4.78, 5) is 0. The summed E-state index contributed by atoms with van der Waals surface area (Å²) in [6.45, 7) is 2.02. The molecule has 1 aliphatic rings. The molecule has 4 heteroatoms. The molecule has 0 amide bonds. The van der Waals surface area contributed by atoms with Crippen LogP contribution in [-0.2, 0) is 0 Å². The van der Waals surface area contributed by atoms with Crippen molar-refractivity contribution >= 4 is 22.3 Å².